The molecule has 0 saturated heterocycles. The molecule has 2 heterocycles. The van der Waals surface area contributed by atoms with Gasteiger partial charge < -0.3 is 0 Å². The van der Waals surface area contributed by atoms with Gasteiger partial charge in [0.1, 0.15) is 16.5 Å². The lowest BCUT2D eigenvalue weighted by Gasteiger charge is -2.06. The Hall–Kier alpha value is -1.20. The SMILES string of the molecule is CCc1c(Cl)ncnc1Sc1nccc(C)n1. The molecule has 2 rings (SSSR count). The van der Waals surface area contributed by atoms with Crippen LogP contribution in [0.1, 0.15) is 18.2 Å². The number of aromatic nitrogens is 4. The number of nitrogens with zero attached hydrogens (tertiary/aromatic N) is 4. The van der Waals surface area contributed by atoms with E-state index in [1.807, 2.05) is 19.9 Å². The van der Waals surface area contributed by atoms with E-state index in [0.717, 1.165) is 22.7 Å². The molecule has 88 valence electrons. The van der Waals surface area contributed by atoms with E-state index in [1.54, 1.807) is 6.20 Å². The van der Waals surface area contributed by atoms with Crippen molar-refractivity contribution in [3.63, 3.8) is 0 Å². The summed E-state index contributed by atoms with van der Waals surface area (Å²) in [7, 11) is 0. The van der Waals surface area contributed by atoms with Crippen LogP contribution in [0.3, 0.4) is 0 Å². The van der Waals surface area contributed by atoms with Crippen molar-refractivity contribution < 1.29 is 0 Å². The number of halogens is 1. The average molecular weight is 267 g/mol. The third-order valence-electron chi connectivity index (χ3n) is 2.17. The van der Waals surface area contributed by atoms with Gasteiger partial charge in [-0.3, -0.25) is 0 Å². The van der Waals surface area contributed by atoms with Crippen molar-refractivity contribution in [3.05, 3.63) is 35.0 Å². The number of aryl methyl sites for hydroxylation is 1. The molecule has 0 spiro atoms. The van der Waals surface area contributed by atoms with E-state index in [-0.39, 0.29) is 0 Å². The maximum absolute atomic E-state index is 6.02. The molecular weight excluding hydrogens is 256 g/mol. The van der Waals surface area contributed by atoms with Gasteiger partial charge in [-0.1, -0.05) is 18.5 Å². The molecular formula is C11H11ClN4S. The molecule has 0 aliphatic rings. The van der Waals surface area contributed by atoms with Gasteiger partial charge in [-0.2, -0.15) is 0 Å². The minimum absolute atomic E-state index is 0.498. The van der Waals surface area contributed by atoms with Crippen LogP contribution in [0.15, 0.2) is 28.8 Å². The summed E-state index contributed by atoms with van der Waals surface area (Å²) in [5, 5.41) is 1.99. The molecule has 0 unspecified atom stereocenters. The number of hydrogen-bond donors (Lipinski definition) is 0. The van der Waals surface area contributed by atoms with E-state index >= 15 is 0 Å². The molecule has 0 bridgehead atoms. The Kier molecular flexibility index (Phi) is 3.91. The van der Waals surface area contributed by atoms with Crippen LogP contribution in [0.5, 0.6) is 0 Å². The van der Waals surface area contributed by atoms with Gasteiger partial charge in [0.25, 0.3) is 0 Å². The van der Waals surface area contributed by atoms with Gasteiger partial charge in [0, 0.05) is 17.5 Å². The van der Waals surface area contributed by atoms with Crippen LogP contribution in [0.2, 0.25) is 5.15 Å². The molecule has 2 aromatic heterocycles. The number of rotatable bonds is 3. The first kappa shape index (κ1) is 12.3. The molecule has 6 heteroatoms. The second-order valence-electron chi connectivity index (χ2n) is 3.38. The Morgan fingerprint density at radius 1 is 1.29 bits per heavy atom. The maximum atomic E-state index is 6.02. The fraction of sp³-hybridized carbons (Fsp3) is 0.273. The molecule has 0 fully saturated rings. The summed E-state index contributed by atoms with van der Waals surface area (Å²) in [6.45, 7) is 3.95. The highest BCUT2D eigenvalue weighted by Gasteiger charge is 2.10. The average Bonchev–Trinajstić information content (AvgIpc) is 2.29. The lowest BCUT2D eigenvalue weighted by molar-refractivity contribution is 0.907. The van der Waals surface area contributed by atoms with E-state index in [2.05, 4.69) is 19.9 Å². The maximum Gasteiger partial charge on any atom is 0.194 e. The standard InChI is InChI=1S/C11H11ClN4S/c1-3-8-9(12)14-6-15-10(8)17-11-13-5-4-7(2)16-11/h4-6H,3H2,1-2H3. The van der Waals surface area contributed by atoms with Crippen LogP contribution >= 0.6 is 23.4 Å². The lowest BCUT2D eigenvalue weighted by atomic mass is 10.3. The monoisotopic (exact) mass is 266 g/mol. The third-order valence-corrected chi connectivity index (χ3v) is 3.42. The van der Waals surface area contributed by atoms with Crippen molar-refractivity contribution in [1.82, 2.24) is 19.9 Å². The van der Waals surface area contributed by atoms with Crippen LogP contribution < -0.4 is 0 Å². The van der Waals surface area contributed by atoms with Gasteiger partial charge in [0.05, 0.1) is 0 Å². The smallest absolute Gasteiger partial charge is 0.194 e. The van der Waals surface area contributed by atoms with Crippen molar-refractivity contribution in [1.29, 1.82) is 0 Å². The molecule has 2 aromatic rings. The normalized spacial score (nSPS) is 10.5. The first-order chi connectivity index (χ1) is 8.20. The Morgan fingerprint density at radius 3 is 2.82 bits per heavy atom. The minimum atomic E-state index is 0.498. The largest absolute Gasteiger partial charge is 0.231 e. The quantitative estimate of drug-likeness (QED) is 0.631. The predicted octanol–water partition coefficient (Wildman–Crippen LogP) is 2.94. The van der Waals surface area contributed by atoms with Crippen LogP contribution in [0.4, 0.5) is 0 Å². The topological polar surface area (TPSA) is 51.6 Å². The van der Waals surface area contributed by atoms with Gasteiger partial charge in [-0.25, -0.2) is 19.9 Å². The van der Waals surface area contributed by atoms with Gasteiger partial charge in [0.15, 0.2) is 5.16 Å². The molecule has 0 aliphatic heterocycles. The summed E-state index contributed by atoms with van der Waals surface area (Å²) in [6.07, 6.45) is 3.98. The van der Waals surface area contributed by atoms with Gasteiger partial charge in [-0.15, -0.1) is 0 Å². The van der Waals surface area contributed by atoms with Crippen molar-refractivity contribution >= 4 is 23.4 Å². The van der Waals surface area contributed by atoms with Gasteiger partial charge >= 0.3 is 0 Å². The molecule has 0 N–H and O–H groups in total. The molecule has 0 saturated carbocycles. The second kappa shape index (κ2) is 5.42. The molecule has 0 amide bonds. The molecule has 4 nitrogen and oxygen atoms in total. The van der Waals surface area contributed by atoms with E-state index in [1.165, 1.54) is 18.1 Å². The Morgan fingerprint density at radius 2 is 2.12 bits per heavy atom. The van der Waals surface area contributed by atoms with E-state index in [0.29, 0.717) is 10.3 Å². The van der Waals surface area contributed by atoms with E-state index in [4.69, 9.17) is 11.6 Å². The van der Waals surface area contributed by atoms with Gasteiger partial charge in [0.2, 0.25) is 0 Å². The Labute approximate surface area is 109 Å². The summed E-state index contributed by atoms with van der Waals surface area (Å²) < 4.78 is 0. The molecule has 17 heavy (non-hydrogen) atoms. The molecule has 0 aliphatic carbocycles. The zero-order chi connectivity index (χ0) is 12.3. The second-order valence-corrected chi connectivity index (χ2v) is 4.70. The summed E-state index contributed by atoms with van der Waals surface area (Å²) >= 11 is 7.43. The van der Waals surface area contributed by atoms with E-state index < -0.39 is 0 Å². The van der Waals surface area contributed by atoms with Gasteiger partial charge in [-0.05, 0) is 31.2 Å². The predicted molar refractivity (Wildman–Crippen MR) is 67.3 cm³/mol. The van der Waals surface area contributed by atoms with Crippen molar-refractivity contribution in [2.24, 2.45) is 0 Å². The first-order valence-electron chi connectivity index (χ1n) is 5.17. The molecule has 0 radical (unpaired) electrons. The summed E-state index contributed by atoms with van der Waals surface area (Å²) in [6, 6.07) is 1.86. The van der Waals surface area contributed by atoms with Crippen molar-refractivity contribution in [3.8, 4) is 0 Å². The Bertz CT molecular complexity index is 533. The van der Waals surface area contributed by atoms with Crippen molar-refractivity contribution in [2.75, 3.05) is 0 Å². The van der Waals surface area contributed by atoms with Crippen LogP contribution in [0, 0.1) is 6.92 Å². The summed E-state index contributed by atoms with van der Waals surface area (Å²) in [5.74, 6) is 0. The fourth-order valence-corrected chi connectivity index (χ4v) is 2.59. The number of hydrogen-bond acceptors (Lipinski definition) is 5. The summed E-state index contributed by atoms with van der Waals surface area (Å²) in [4.78, 5) is 16.7. The molecule has 0 aromatic carbocycles. The fourth-order valence-electron chi connectivity index (χ4n) is 1.32. The van der Waals surface area contributed by atoms with E-state index in [9.17, 15) is 0 Å². The van der Waals surface area contributed by atoms with Crippen molar-refractivity contribution in [2.45, 2.75) is 30.5 Å². The Balaban J connectivity index is 2.33. The zero-order valence-electron chi connectivity index (χ0n) is 9.51. The molecule has 0 atom stereocenters. The van der Waals surface area contributed by atoms with Crippen LogP contribution in [0.25, 0.3) is 0 Å². The third kappa shape index (κ3) is 2.92. The lowest BCUT2D eigenvalue weighted by Crippen LogP contribution is -1.95. The van der Waals surface area contributed by atoms with Crippen LogP contribution in [-0.2, 0) is 6.42 Å². The summed E-state index contributed by atoms with van der Waals surface area (Å²) in [5.41, 5.74) is 1.87. The minimum Gasteiger partial charge on any atom is -0.231 e. The zero-order valence-corrected chi connectivity index (χ0v) is 11.1. The highest BCUT2D eigenvalue weighted by Crippen LogP contribution is 2.29. The highest BCUT2D eigenvalue weighted by atomic mass is 35.5. The highest BCUT2D eigenvalue weighted by molar-refractivity contribution is 7.99. The first-order valence-corrected chi connectivity index (χ1v) is 6.37. The van der Waals surface area contributed by atoms with Crippen LogP contribution in [-0.4, -0.2) is 19.9 Å².